The molecule has 0 bridgehead atoms. The summed E-state index contributed by atoms with van der Waals surface area (Å²) in [6.07, 6.45) is 3.25. The normalized spacial score (nSPS) is 12.2. The van der Waals surface area contributed by atoms with Gasteiger partial charge in [0.15, 0.2) is 0 Å². The number of hydrazine groups is 1. The number of benzene rings is 1. The van der Waals surface area contributed by atoms with Crippen molar-refractivity contribution >= 4 is 0 Å². The van der Waals surface area contributed by atoms with Crippen molar-refractivity contribution in [2.24, 2.45) is 5.84 Å². The van der Waals surface area contributed by atoms with Crippen LogP contribution < -0.4 is 20.7 Å². The first-order chi connectivity index (χ1) is 8.26. The summed E-state index contributed by atoms with van der Waals surface area (Å²) in [5.74, 6) is 7.27. The summed E-state index contributed by atoms with van der Waals surface area (Å²) < 4.78 is 10.6. The third-order valence-corrected chi connectivity index (χ3v) is 2.86. The van der Waals surface area contributed by atoms with Gasteiger partial charge >= 0.3 is 0 Å². The van der Waals surface area contributed by atoms with E-state index in [1.807, 2.05) is 18.2 Å². The lowest BCUT2D eigenvalue weighted by Gasteiger charge is -2.19. The topological polar surface area (TPSA) is 56.5 Å². The molecule has 0 saturated heterocycles. The number of unbranched alkanes of at least 4 members (excludes halogenated alkanes) is 1. The van der Waals surface area contributed by atoms with E-state index in [-0.39, 0.29) is 6.04 Å². The van der Waals surface area contributed by atoms with Crippen LogP contribution in [-0.2, 0) is 0 Å². The Kier molecular flexibility index (Phi) is 5.80. The molecule has 1 atom stereocenters. The van der Waals surface area contributed by atoms with Gasteiger partial charge in [0.05, 0.1) is 14.2 Å². The number of hydrogen-bond donors (Lipinski definition) is 2. The Labute approximate surface area is 103 Å². The summed E-state index contributed by atoms with van der Waals surface area (Å²) in [5, 5.41) is 0. The highest BCUT2D eigenvalue weighted by Gasteiger charge is 2.15. The van der Waals surface area contributed by atoms with Crippen molar-refractivity contribution in [3.05, 3.63) is 23.8 Å². The molecule has 0 spiro atoms. The predicted octanol–water partition coefficient (Wildman–Crippen LogP) is 2.40. The number of hydrogen-bond acceptors (Lipinski definition) is 4. The van der Waals surface area contributed by atoms with E-state index < -0.39 is 0 Å². The number of rotatable bonds is 7. The highest BCUT2D eigenvalue weighted by Crippen LogP contribution is 2.31. The molecule has 0 saturated carbocycles. The maximum absolute atomic E-state index is 5.61. The zero-order valence-corrected chi connectivity index (χ0v) is 10.8. The van der Waals surface area contributed by atoms with Crippen LogP contribution in [0.1, 0.15) is 37.8 Å². The Hall–Kier alpha value is -1.26. The summed E-state index contributed by atoms with van der Waals surface area (Å²) in [7, 11) is 3.32. The smallest absolute Gasteiger partial charge is 0.123 e. The summed E-state index contributed by atoms with van der Waals surface area (Å²) in [4.78, 5) is 0. The Morgan fingerprint density at radius 3 is 2.59 bits per heavy atom. The van der Waals surface area contributed by atoms with Crippen LogP contribution in [0.4, 0.5) is 0 Å². The van der Waals surface area contributed by atoms with Crippen molar-refractivity contribution in [1.29, 1.82) is 0 Å². The van der Waals surface area contributed by atoms with Gasteiger partial charge in [-0.2, -0.15) is 0 Å². The molecule has 1 unspecified atom stereocenters. The minimum absolute atomic E-state index is 0.0972. The maximum atomic E-state index is 5.61. The Balaban J connectivity index is 2.97. The first-order valence-corrected chi connectivity index (χ1v) is 5.94. The summed E-state index contributed by atoms with van der Waals surface area (Å²) in [5.41, 5.74) is 3.89. The van der Waals surface area contributed by atoms with E-state index in [1.54, 1.807) is 14.2 Å². The van der Waals surface area contributed by atoms with Crippen molar-refractivity contribution in [3.63, 3.8) is 0 Å². The van der Waals surface area contributed by atoms with Gasteiger partial charge in [0.2, 0.25) is 0 Å². The second kappa shape index (κ2) is 7.14. The molecular weight excluding hydrogens is 216 g/mol. The SMILES string of the molecule is CCCCC(NN)c1cc(OC)ccc1OC. The Morgan fingerprint density at radius 1 is 1.29 bits per heavy atom. The molecule has 0 heterocycles. The van der Waals surface area contributed by atoms with E-state index in [1.165, 1.54) is 0 Å². The Morgan fingerprint density at radius 2 is 2.06 bits per heavy atom. The van der Waals surface area contributed by atoms with Gasteiger partial charge in [0, 0.05) is 11.6 Å². The van der Waals surface area contributed by atoms with Crippen LogP contribution in [0.15, 0.2) is 18.2 Å². The molecule has 0 aliphatic rings. The highest BCUT2D eigenvalue weighted by molar-refractivity contribution is 5.42. The molecule has 0 fully saturated rings. The molecule has 96 valence electrons. The molecule has 0 aliphatic heterocycles. The summed E-state index contributed by atoms with van der Waals surface area (Å²) >= 11 is 0. The second-order valence-corrected chi connectivity index (χ2v) is 3.97. The lowest BCUT2D eigenvalue weighted by Crippen LogP contribution is -2.28. The van der Waals surface area contributed by atoms with Crippen LogP contribution in [0.25, 0.3) is 0 Å². The van der Waals surface area contributed by atoms with Crippen LogP contribution in [0.5, 0.6) is 11.5 Å². The fourth-order valence-corrected chi connectivity index (χ4v) is 1.85. The van der Waals surface area contributed by atoms with Crippen LogP contribution >= 0.6 is 0 Å². The minimum Gasteiger partial charge on any atom is -0.497 e. The van der Waals surface area contributed by atoms with Gasteiger partial charge in [0.25, 0.3) is 0 Å². The van der Waals surface area contributed by atoms with Gasteiger partial charge < -0.3 is 9.47 Å². The number of ether oxygens (including phenoxy) is 2. The molecular formula is C13H22N2O2. The summed E-state index contributed by atoms with van der Waals surface area (Å²) in [6.45, 7) is 2.16. The van der Waals surface area contributed by atoms with E-state index in [9.17, 15) is 0 Å². The van der Waals surface area contributed by atoms with Crippen molar-refractivity contribution in [3.8, 4) is 11.5 Å². The standard InChI is InChI=1S/C13H22N2O2/c1-4-5-6-12(15-14)11-9-10(16-2)7-8-13(11)17-3/h7-9,12,15H,4-6,14H2,1-3H3. The fraction of sp³-hybridized carbons (Fsp3) is 0.538. The third-order valence-electron chi connectivity index (χ3n) is 2.86. The van der Waals surface area contributed by atoms with E-state index >= 15 is 0 Å². The number of nitrogens with two attached hydrogens (primary N) is 1. The van der Waals surface area contributed by atoms with Gasteiger partial charge in [0.1, 0.15) is 11.5 Å². The minimum atomic E-state index is 0.0972. The van der Waals surface area contributed by atoms with E-state index in [0.717, 1.165) is 36.3 Å². The molecule has 17 heavy (non-hydrogen) atoms. The van der Waals surface area contributed by atoms with Crippen molar-refractivity contribution in [2.45, 2.75) is 32.2 Å². The third kappa shape index (κ3) is 3.61. The largest absolute Gasteiger partial charge is 0.497 e. The van der Waals surface area contributed by atoms with Crippen LogP contribution in [0.2, 0.25) is 0 Å². The first-order valence-electron chi connectivity index (χ1n) is 5.94. The molecule has 1 aromatic carbocycles. The quantitative estimate of drug-likeness (QED) is 0.565. The average Bonchev–Trinajstić information content (AvgIpc) is 2.39. The monoisotopic (exact) mass is 238 g/mol. The van der Waals surface area contributed by atoms with Crippen molar-refractivity contribution < 1.29 is 9.47 Å². The lowest BCUT2D eigenvalue weighted by atomic mass is 10.0. The number of nitrogens with one attached hydrogen (secondary N) is 1. The second-order valence-electron chi connectivity index (χ2n) is 3.97. The highest BCUT2D eigenvalue weighted by atomic mass is 16.5. The molecule has 0 amide bonds. The van der Waals surface area contributed by atoms with Gasteiger partial charge in [-0.25, -0.2) is 0 Å². The lowest BCUT2D eigenvalue weighted by molar-refractivity contribution is 0.385. The van der Waals surface area contributed by atoms with Crippen molar-refractivity contribution in [2.75, 3.05) is 14.2 Å². The molecule has 1 rings (SSSR count). The molecule has 1 aromatic rings. The molecule has 0 radical (unpaired) electrons. The van der Waals surface area contributed by atoms with Crippen LogP contribution in [0, 0.1) is 0 Å². The van der Waals surface area contributed by atoms with E-state index in [2.05, 4.69) is 12.3 Å². The van der Waals surface area contributed by atoms with Crippen molar-refractivity contribution in [1.82, 2.24) is 5.43 Å². The van der Waals surface area contributed by atoms with Crippen LogP contribution in [0.3, 0.4) is 0 Å². The maximum Gasteiger partial charge on any atom is 0.123 e. The van der Waals surface area contributed by atoms with Gasteiger partial charge in [-0.1, -0.05) is 19.8 Å². The zero-order valence-electron chi connectivity index (χ0n) is 10.8. The molecule has 0 aliphatic carbocycles. The van der Waals surface area contributed by atoms with Crippen LogP contribution in [-0.4, -0.2) is 14.2 Å². The average molecular weight is 238 g/mol. The molecule has 0 aromatic heterocycles. The molecule has 4 heteroatoms. The Bertz CT molecular complexity index is 342. The molecule has 3 N–H and O–H groups in total. The predicted molar refractivity (Wildman–Crippen MR) is 69.1 cm³/mol. The summed E-state index contributed by atoms with van der Waals surface area (Å²) in [6, 6.07) is 5.86. The van der Waals surface area contributed by atoms with E-state index in [0.29, 0.717) is 0 Å². The first kappa shape index (κ1) is 13.8. The van der Waals surface area contributed by atoms with Gasteiger partial charge in [-0.3, -0.25) is 11.3 Å². The number of methoxy groups -OCH3 is 2. The molecule has 4 nitrogen and oxygen atoms in total. The zero-order chi connectivity index (χ0) is 12.7. The van der Waals surface area contributed by atoms with E-state index in [4.69, 9.17) is 15.3 Å². The van der Waals surface area contributed by atoms with Gasteiger partial charge in [-0.05, 0) is 24.6 Å². The fourth-order valence-electron chi connectivity index (χ4n) is 1.85. The van der Waals surface area contributed by atoms with Gasteiger partial charge in [-0.15, -0.1) is 0 Å².